The van der Waals surface area contributed by atoms with Gasteiger partial charge in [0.15, 0.2) is 0 Å². The number of amides is 2. The van der Waals surface area contributed by atoms with Crippen LogP contribution in [0.3, 0.4) is 0 Å². The molecule has 4 heterocycles. The minimum Gasteiger partial charge on any atom is -0.494 e. The first-order valence-corrected chi connectivity index (χ1v) is 11.6. The van der Waals surface area contributed by atoms with Gasteiger partial charge in [-0.05, 0) is 31.2 Å². The van der Waals surface area contributed by atoms with Crippen molar-refractivity contribution in [2.75, 3.05) is 33.3 Å². The van der Waals surface area contributed by atoms with Crippen LogP contribution in [0.1, 0.15) is 26.4 Å². The molecule has 1 aromatic carbocycles. The van der Waals surface area contributed by atoms with Crippen LogP contribution >= 0.6 is 0 Å². The number of aryl methyl sites for hydroxylation is 1. The Hall–Kier alpha value is -4.53. The fourth-order valence-corrected chi connectivity index (χ4v) is 4.46. The molecule has 3 aromatic heterocycles. The summed E-state index contributed by atoms with van der Waals surface area (Å²) < 4.78 is 5.47. The van der Waals surface area contributed by atoms with Crippen molar-refractivity contribution in [3.05, 3.63) is 77.7 Å². The second-order valence-corrected chi connectivity index (χ2v) is 8.57. The van der Waals surface area contributed by atoms with E-state index in [0.29, 0.717) is 46.7 Å². The first-order chi connectivity index (χ1) is 17.5. The molecule has 1 aliphatic heterocycles. The van der Waals surface area contributed by atoms with Crippen LogP contribution in [-0.4, -0.2) is 75.6 Å². The van der Waals surface area contributed by atoms with Gasteiger partial charge >= 0.3 is 0 Å². The number of aromatic amines is 1. The van der Waals surface area contributed by atoms with Crippen LogP contribution in [0.15, 0.2) is 60.9 Å². The fourth-order valence-electron chi connectivity index (χ4n) is 4.46. The second kappa shape index (κ2) is 9.61. The summed E-state index contributed by atoms with van der Waals surface area (Å²) in [7, 11) is 1.49. The molecule has 36 heavy (non-hydrogen) atoms. The van der Waals surface area contributed by atoms with Crippen molar-refractivity contribution in [3.8, 4) is 17.1 Å². The molecule has 4 aromatic rings. The van der Waals surface area contributed by atoms with Crippen LogP contribution in [0.4, 0.5) is 0 Å². The molecule has 1 saturated heterocycles. The predicted molar refractivity (Wildman–Crippen MR) is 134 cm³/mol. The molecule has 1 fully saturated rings. The third kappa shape index (κ3) is 4.19. The third-order valence-electron chi connectivity index (χ3n) is 6.34. The van der Waals surface area contributed by atoms with E-state index >= 15 is 0 Å². The normalized spacial score (nSPS) is 13.6. The summed E-state index contributed by atoms with van der Waals surface area (Å²) in [5, 5.41) is 0.488. The first-order valence-electron chi connectivity index (χ1n) is 11.6. The summed E-state index contributed by atoms with van der Waals surface area (Å²) in [5.41, 5.74) is 3.43. The Morgan fingerprint density at radius 3 is 2.36 bits per heavy atom. The van der Waals surface area contributed by atoms with Crippen LogP contribution in [0.25, 0.3) is 22.3 Å². The number of piperazine rings is 1. The summed E-state index contributed by atoms with van der Waals surface area (Å²) >= 11 is 0. The van der Waals surface area contributed by atoms with Gasteiger partial charge in [0.2, 0.25) is 0 Å². The van der Waals surface area contributed by atoms with Gasteiger partial charge in [0.25, 0.3) is 17.6 Å². The Morgan fingerprint density at radius 1 is 0.944 bits per heavy atom. The molecule has 9 heteroatoms. The van der Waals surface area contributed by atoms with E-state index in [1.807, 2.05) is 43.3 Å². The van der Waals surface area contributed by atoms with Crippen LogP contribution in [0.2, 0.25) is 0 Å². The maximum atomic E-state index is 13.3. The summed E-state index contributed by atoms with van der Waals surface area (Å²) in [6.45, 7) is 3.17. The lowest BCUT2D eigenvalue weighted by atomic mass is 10.1. The monoisotopic (exact) mass is 483 g/mol. The number of nitrogens with zero attached hydrogens (tertiary/aromatic N) is 4. The average molecular weight is 484 g/mol. The Bertz CT molecular complexity index is 1460. The zero-order valence-corrected chi connectivity index (χ0v) is 20.0. The van der Waals surface area contributed by atoms with Crippen molar-refractivity contribution in [2.24, 2.45) is 0 Å². The Kier molecular flexibility index (Phi) is 6.20. The smallest absolute Gasteiger partial charge is 0.295 e. The fraction of sp³-hybridized carbons (Fsp3) is 0.222. The molecule has 9 nitrogen and oxygen atoms in total. The number of ether oxygens (including phenoxy) is 1. The van der Waals surface area contributed by atoms with Gasteiger partial charge in [-0.3, -0.25) is 19.4 Å². The van der Waals surface area contributed by atoms with E-state index in [2.05, 4.69) is 15.0 Å². The maximum absolute atomic E-state index is 13.3. The van der Waals surface area contributed by atoms with E-state index in [0.717, 1.165) is 5.69 Å². The Balaban J connectivity index is 1.38. The molecular weight excluding hydrogens is 458 g/mol. The molecule has 182 valence electrons. The number of fused-ring (bicyclic) bond motifs is 1. The lowest BCUT2D eigenvalue weighted by molar-refractivity contribution is -0.127. The van der Waals surface area contributed by atoms with Crippen LogP contribution < -0.4 is 4.74 Å². The lowest BCUT2D eigenvalue weighted by Crippen LogP contribution is -2.52. The Labute approximate surface area is 207 Å². The SMILES string of the molecule is COc1cnc(-c2cccc(C)n2)c2[nH]cc(C(=O)C(=O)N3CCN(C(=O)c4ccccc4)CC3)c12. The molecule has 0 saturated carbocycles. The number of H-pyrrole nitrogens is 1. The lowest BCUT2D eigenvalue weighted by Gasteiger charge is -2.34. The maximum Gasteiger partial charge on any atom is 0.295 e. The number of hydrogen-bond donors (Lipinski definition) is 1. The van der Waals surface area contributed by atoms with Gasteiger partial charge in [0.1, 0.15) is 11.4 Å². The van der Waals surface area contributed by atoms with Crippen LogP contribution in [0, 0.1) is 6.92 Å². The first kappa shape index (κ1) is 23.2. The van der Waals surface area contributed by atoms with Crippen molar-refractivity contribution in [3.63, 3.8) is 0 Å². The topological polar surface area (TPSA) is 108 Å². The van der Waals surface area contributed by atoms with Crippen molar-refractivity contribution >= 4 is 28.5 Å². The minimum atomic E-state index is -0.642. The number of carbonyl (C=O) groups is 3. The highest BCUT2D eigenvalue weighted by Crippen LogP contribution is 2.34. The minimum absolute atomic E-state index is 0.0832. The highest BCUT2D eigenvalue weighted by atomic mass is 16.5. The largest absolute Gasteiger partial charge is 0.494 e. The number of rotatable bonds is 5. The van der Waals surface area contributed by atoms with Gasteiger partial charge in [-0.25, -0.2) is 4.98 Å². The van der Waals surface area contributed by atoms with Gasteiger partial charge in [0, 0.05) is 43.6 Å². The molecule has 2 amide bonds. The zero-order chi connectivity index (χ0) is 25.2. The number of pyridine rings is 2. The molecule has 0 atom stereocenters. The van der Waals surface area contributed by atoms with Gasteiger partial charge in [-0.2, -0.15) is 0 Å². The van der Waals surface area contributed by atoms with Crippen molar-refractivity contribution in [1.29, 1.82) is 0 Å². The van der Waals surface area contributed by atoms with Gasteiger partial charge < -0.3 is 19.5 Å². The molecule has 0 aliphatic carbocycles. The number of hydrogen-bond acceptors (Lipinski definition) is 6. The van der Waals surface area contributed by atoms with E-state index in [1.54, 1.807) is 17.0 Å². The number of ketones is 1. The molecule has 1 N–H and O–H groups in total. The van der Waals surface area contributed by atoms with E-state index < -0.39 is 11.7 Å². The van der Waals surface area contributed by atoms with Crippen molar-refractivity contribution in [2.45, 2.75) is 6.92 Å². The van der Waals surface area contributed by atoms with Gasteiger partial charge in [0.05, 0.1) is 35.5 Å². The second-order valence-electron chi connectivity index (χ2n) is 8.57. The number of carbonyl (C=O) groups excluding carboxylic acids is 3. The Morgan fingerprint density at radius 2 is 1.67 bits per heavy atom. The van der Waals surface area contributed by atoms with E-state index in [1.165, 1.54) is 24.4 Å². The van der Waals surface area contributed by atoms with Crippen LogP contribution in [-0.2, 0) is 4.79 Å². The molecular formula is C27H25N5O4. The molecule has 0 radical (unpaired) electrons. The standard InChI is InChI=1S/C27H25N5O4/c1-17-7-6-10-20(30-17)23-24-22(21(36-2)16-29-23)19(15-28-24)25(33)27(35)32-13-11-31(12-14-32)26(34)18-8-4-3-5-9-18/h3-10,15-16,28H,11-14H2,1-2H3. The molecule has 0 unspecified atom stereocenters. The highest BCUT2D eigenvalue weighted by molar-refractivity contribution is 6.45. The van der Waals surface area contributed by atoms with Crippen molar-refractivity contribution < 1.29 is 19.1 Å². The predicted octanol–water partition coefficient (Wildman–Crippen LogP) is 3.11. The van der Waals surface area contributed by atoms with Crippen LogP contribution in [0.5, 0.6) is 5.75 Å². The number of aromatic nitrogens is 3. The quantitative estimate of drug-likeness (QED) is 0.345. The molecule has 0 spiro atoms. The summed E-state index contributed by atoms with van der Waals surface area (Å²) in [6.07, 6.45) is 3.05. The molecule has 1 aliphatic rings. The van der Waals surface area contributed by atoms with E-state index in [-0.39, 0.29) is 24.6 Å². The van der Waals surface area contributed by atoms with E-state index in [4.69, 9.17) is 4.74 Å². The van der Waals surface area contributed by atoms with Crippen molar-refractivity contribution in [1.82, 2.24) is 24.8 Å². The molecule has 5 rings (SSSR count). The summed E-state index contributed by atoms with van der Waals surface area (Å²) in [6, 6.07) is 14.6. The number of benzene rings is 1. The summed E-state index contributed by atoms with van der Waals surface area (Å²) in [4.78, 5) is 54.5. The van der Waals surface area contributed by atoms with Gasteiger partial charge in [-0.15, -0.1) is 0 Å². The van der Waals surface area contributed by atoms with Gasteiger partial charge in [-0.1, -0.05) is 24.3 Å². The third-order valence-corrected chi connectivity index (χ3v) is 6.34. The highest BCUT2D eigenvalue weighted by Gasteiger charge is 2.31. The van der Waals surface area contributed by atoms with E-state index in [9.17, 15) is 14.4 Å². The molecule has 0 bridgehead atoms. The number of Topliss-reactive ketones (excluding diaryl/α,β-unsaturated/α-hetero) is 1. The average Bonchev–Trinajstić information content (AvgIpc) is 3.37. The summed E-state index contributed by atoms with van der Waals surface area (Å²) in [5.74, 6) is -0.953. The number of nitrogens with one attached hydrogen (secondary N) is 1. The zero-order valence-electron chi connectivity index (χ0n) is 20.0. The number of methoxy groups -OCH3 is 1.